The molecule has 0 aliphatic heterocycles. The van der Waals surface area contributed by atoms with Crippen molar-refractivity contribution in [2.75, 3.05) is 13.7 Å². The number of rotatable bonds is 7. The minimum absolute atomic E-state index is 0.441. The van der Waals surface area contributed by atoms with Gasteiger partial charge in [0, 0.05) is 19.0 Å². The zero-order valence-electron chi connectivity index (χ0n) is 11.6. The maximum Gasteiger partial charge on any atom is 0.175 e. The van der Waals surface area contributed by atoms with Crippen LogP contribution in [0, 0.1) is 12.3 Å². The molecule has 0 aromatic heterocycles. The van der Waals surface area contributed by atoms with Crippen LogP contribution in [0.2, 0.25) is 0 Å². The predicted molar refractivity (Wildman–Crippen MR) is 81.6 cm³/mol. The summed E-state index contributed by atoms with van der Waals surface area (Å²) in [6, 6.07) is 4.45. The summed E-state index contributed by atoms with van der Waals surface area (Å²) < 4.78 is 11.9. The summed E-state index contributed by atoms with van der Waals surface area (Å²) in [7, 11) is 1.63. The van der Waals surface area contributed by atoms with Crippen LogP contribution in [-0.2, 0) is 6.54 Å². The van der Waals surface area contributed by atoms with Gasteiger partial charge in [0.05, 0.1) is 18.2 Å². The van der Waals surface area contributed by atoms with Crippen LogP contribution in [0.15, 0.2) is 16.6 Å². The van der Waals surface area contributed by atoms with E-state index in [2.05, 4.69) is 41.0 Å². The summed E-state index contributed by atoms with van der Waals surface area (Å²) in [4.78, 5) is 0. The average molecular weight is 326 g/mol. The number of ether oxygens (including phenoxy) is 2. The fraction of sp³-hybridized carbons (Fsp3) is 0.467. The van der Waals surface area contributed by atoms with Crippen LogP contribution < -0.4 is 14.8 Å². The molecule has 0 saturated carbocycles. The van der Waals surface area contributed by atoms with Crippen molar-refractivity contribution in [3.8, 4) is 23.8 Å². The Hall–Kier alpha value is -1.18. The van der Waals surface area contributed by atoms with E-state index < -0.39 is 0 Å². The molecule has 0 atom stereocenters. The van der Waals surface area contributed by atoms with E-state index in [9.17, 15) is 0 Å². The van der Waals surface area contributed by atoms with Gasteiger partial charge in [-0.1, -0.05) is 13.8 Å². The Morgan fingerprint density at radius 2 is 2.16 bits per heavy atom. The molecule has 1 aromatic rings. The minimum Gasteiger partial charge on any atom is -0.493 e. The Morgan fingerprint density at radius 1 is 1.42 bits per heavy atom. The molecule has 1 aromatic carbocycles. The normalized spacial score (nSPS) is 10.3. The fourth-order valence-corrected chi connectivity index (χ4v) is 2.15. The summed E-state index contributed by atoms with van der Waals surface area (Å²) in [5, 5.41) is 3.37. The van der Waals surface area contributed by atoms with Crippen molar-refractivity contribution < 1.29 is 9.47 Å². The zero-order chi connectivity index (χ0) is 14.3. The highest BCUT2D eigenvalue weighted by molar-refractivity contribution is 9.10. The van der Waals surface area contributed by atoms with Gasteiger partial charge in [0.1, 0.15) is 0 Å². The lowest BCUT2D eigenvalue weighted by Gasteiger charge is -2.15. The molecular formula is C15H20BrNO2. The third kappa shape index (κ3) is 5.14. The summed E-state index contributed by atoms with van der Waals surface area (Å²) in [6.07, 6.45) is 5.79. The van der Waals surface area contributed by atoms with Crippen molar-refractivity contribution in [1.82, 2.24) is 5.32 Å². The molecule has 0 radical (unpaired) electrons. The maximum absolute atomic E-state index is 5.65. The second-order valence-corrected chi connectivity index (χ2v) is 5.30. The number of terminal acetylenes is 1. The first-order valence-electron chi connectivity index (χ1n) is 6.24. The van der Waals surface area contributed by atoms with Crippen molar-refractivity contribution in [3.05, 3.63) is 22.2 Å². The Balaban J connectivity index is 2.85. The second-order valence-electron chi connectivity index (χ2n) is 4.45. The summed E-state index contributed by atoms with van der Waals surface area (Å²) >= 11 is 3.51. The van der Waals surface area contributed by atoms with Gasteiger partial charge in [-0.15, -0.1) is 12.3 Å². The zero-order valence-corrected chi connectivity index (χ0v) is 13.2. The van der Waals surface area contributed by atoms with Gasteiger partial charge in [-0.3, -0.25) is 0 Å². The quantitative estimate of drug-likeness (QED) is 0.616. The van der Waals surface area contributed by atoms with Crippen LogP contribution in [0.4, 0.5) is 0 Å². The Morgan fingerprint density at radius 3 is 2.74 bits per heavy atom. The highest BCUT2D eigenvalue weighted by Crippen LogP contribution is 2.36. The van der Waals surface area contributed by atoms with Gasteiger partial charge < -0.3 is 14.8 Å². The lowest BCUT2D eigenvalue weighted by molar-refractivity contribution is 0.299. The van der Waals surface area contributed by atoms with E-state index in [1.54, 1.807) is 7.11 Å². The van der Waals surface area contributed by atoms with E-state index in [1.807, 2.05) is 12.1 Å². The molecule has 1 rings (SSSR count). The molecule has 0 unspecified atom stereocenters. The molecule has 4 heteroatoms. The highest BCUT2D eigenvalue weighted by Gasteiger charge is 2.11. The molecule has 3 nitrogen and oxygen atoms in total. The molecule has 0 saturated heterocycles. The van der Waals surface area contributed by atoms with Crippen molar-refractivity contribution in [3.63, 3.8) is 0 Å². The van der Waals surface area contributed by atoms with Gasteiger partial charge in [0.25, 0.3) is 0 Å². The predicted octanol–water partition coefficient (Wildman–Crippen LogP) is 3.36. The van der Waals surface area contributed by atoms with Crippen LogP contribution >= 0.6 is 15.9 Å². The van der Waals surface area contributed by atoms with Gasteiger partial charge in [-0.25, -0.2) is 0 Å². The van der Waals surface area contributed by atoms with Gasteiger partial charge >= 0.3 is 0 Å². The Kier molecular flexibility index (Phi) is 6.75. The van der Waals surface area contributed by atoms with Crippen LogP contribution in [0.5, 0.6) is 11.5 Å². The minimum atomic E-state index is 0.441. The van der Waals surface area contributed by atoms with E-state index in [4.69, 9.17) is 15.9 Å². The first-order valence-corrected chi connectivity index (χ1v) is 7.03. The molecule has 104 valence electrons. The lowest BCUT2D eigenvalue weighted by atomic mass is 10.2. The van der Waals surface area contributed by atoms with Gasteiger partial charge in [0.2, 0.25) is 0 Å². The summed E-state index contributed by atoms with van der Waals surface area (Å²) in [5.74, 6) is 3.96. The Bertz CT molecular complexity index is 452. The van der Waals surface area contributed by atoms with Crippen LogP contribution in [0.25, 0.3) is 0 Å². The number of hydrogen-bond acceptors (Lipinski definition) is 3. The first kappa shape index (κ1) is 15.9. The van der Waals surface area contributed by atoms with E-state index in [0.717, 1.165) is 16.6 Å². The van der Waals surface area contributed by atoms with Crippen molar-refractivity contribution >= 4 is 15.9 Å². The molecule has 0 heterocycles. The monoisotopic (exact) mass is 325 g/mol. The van der Waals surface area contributed by atoms with Crippen molar-refractivity contribution in [1.29, 1.82) is 0 Å². The molecule has 1 N–H and O–H groups in total. The van der Waals surface area contributed by atoms with E-state index in [0.29, 0.717) is 30.6 Å². The average Bonchev–Trinajstić information content (AvgIpc) is 2.38. The number of methoxy groups -OCH3 is 1. The number of hydrogen-bond donors (Lipinski definition) is 1. The van der Waals surface area contributed by atoms with E-state index in [-0.39, 0.29) is 0 Å². The highest BCUT2D eigenvalue weighted by atomic mass is 79.9. The lowest BCUT2D eigenvalue weighted by Crippen LogP contribution is -2.21. The summed E-state index contributed by atoms with van der Waals surface area (Å²) in [5.41, 5.74) is 1.14. The molecule has 19 heavy (non-hydrogen) atoms. The molecule has 0 amide bonds. The van der Waals surface area contributed by atoms with Crippen LogP contribution in [0.3, 0.4) is 0 Å². The second kappa shape index (κ2) is 8.08. The van der Waals surface area contributed by atoms with Gasteiger partial charge in [0.15, 0.2) is 11.5 Å². The smallest absolute Gasteiger partial charge is 0.175 e. The molecule has 0 spiro atoms. The topological polar surface area (TPSA) is 30.5 Å². The van der Waals surface area contributed by atoms with Crippen LogP contribution in [-0.4, -0.2) is 19.8 Å². The fourth-order valence-electron chi connectivity index (χ4n) is 1.55. The SMILES string of the molecule is C#CCCOc1c(Br)cc(CNC(C)C)cc1OC. The number of halogens is 1. The molecule has 0 aliphatic rings. The third-order valence-electron chi connectivity index (χ3n) is 2.50. The maximum atomic E-state index is 5.65. The standard InChI is InChI=1S/C15H20BrNO2/c1-5-6-7-19-15-13(16)8-12(9-14(15)18-4)10-17-11(2)3/h1,8-9,11,17H,6-7,10H2,2-4H3. The molecule has 0 fully saturated rings. The van der Waals surface area contributed by atoms with Crippen LogP contribution in [0.1, 0.15) is 25.8 Å². The first-order chi connectivity index (χ1) is 9.08. The van der Waals surface area contributed by atoms with Gasteiger partial charge in [-0.05, 0) is 33.6 Å². The number of benzene rings is 1. The summed E-state index contributed by atoms with van der Waals surface area (Å²) in [6.45, 7) is 5.50. The van der Waals surface area contributed by atoms with Crippen molar-refractivity contribution in [2.45, 2.75) is 32.9 Å². The number of nitrogens with one attached hydrogen (secondary N) is 1. The van der Waals surface area contributed by atoms with Gasteiger partial charge in [-0.2, -0.15) is 0 Å². The van der Waals surface area contributed by atoms with Crippen molar-refractivity contribution in [2.24, 2.45) is 0 Å². The molecular weight excluding hydrogens is 306 g/mol. The third-order valence-corrected chi connectivity index (χ3v) is 3.09. The van der Waals surface area contributed by atoms with E-state index in [1.165, 1.54) is 0 Å². The Labute approximate surface area is 123 Å². The molecule has 0 bridgehead atoms. The van der Waals surface area contributed by atoms with E-state index >= 15 is 0 Å². The molecule has 0 aliphatic carbocycles. The largest absolute Gasteiger partial charge is 0.493 e.